The van der Waals surface area contributed by atoms with Gasteiger partial charge in [0.15, 0.2) is 11.6 Å². The SMILES string of the molecule is Fc1ccc(Br)c(OCc2cccc(F)c2F)c1. The number of halogens is 4. The van der Waals surface area contributed by atoms with Gasteiger partial charge >= 0.3 is 0 Å². The fourth-order valence-electron chi connectivity index (χ4n) is 1.40. The van der Waals surface area contributed by atoms with Gasteiger partial charge in [0, 0.05) is 11.6 Å². The van der Waals surface area contributed by atoms with Crippen molar-refractivity contribution in [2.24, 2.45) is 0 Å². The molecule has 0 aliphatic heterocycles. The molecule has 2 aromatic rings. The minimum Gasteiger partial charge on any atom is -0.488 e. The Labute approximate surface area is 110 Å². The van der Waals surface area contributed by atoms with Crippen molar-refractivity contribution < 1.29 is 17.9 Å². The van der Waals surface area contributed by atoms with Crippen molar-refractivity contribution >= 4 is 15.9 Å². The van der Waals surface area contributed by atoms with Gasteiger partial charge < -0.3 is 4.74 Å². The van der Waals surface area contributed by atoms with E-state index in [4.69, 9.17) is 4.74 Å². The average Bonchev–Trinajstić information content (AvgIpc) is 2.35. The predicted octanol–water partition coefficient (Wildman–Crippen LogP) is 4.45. The molecule has 0 radical (unpaired) electrons. The maximum absolute atomic E-state index is 13.3. The van der Waals surface area contributed by atoms with E-state index in [9.17, 15) is 13.2 Å². The number of hydrogen-bond acceptors (Lipinski definition) is 1. The summed E-state index contributed by atoms with van der Waals surface area (Å²) < 4.78 is 45.1. The molecule has 0 unspecified atom stereocenters. The summed E-state index contributed by atoms with van der Waals surface area (Å²) in [5, 5.41) is 0. The van der Waals surface area contributed by atoms with Crippen LogP contribution >= 0.6 is 15.9 Å². The fraction of sp³-hybridized carbons (Fsp3) is 0.0769. The number of benzene rings is 2. The van der Waals surface area contributed by atoms with Crippen LogP contribution in [0.3, 0.4) is 0 Å². The lowest BCUT2D eigenvalue weighted by atomic mass is 10.2. The van der Waals surface area contributed by atoms with Crippen LogP contribution < -0.4 is 4.74 Å². The Balaban J connectivity index is 2.16. The van der Waals surface area contributed by atoms with E-state index in [1.54, 1.807) is 0 Å². The summed E-state index contributed by atoms with van der Waals surface area (Å²) in [7, 11) is 0. The topological polar surface area (TPSA) is 9.23 Å². The molecular formula is C13H8BrF3O. The van der Waals surface area contributed by atoms with Crippen LogP contribution in [-0.2, 0) is 6.61 Å². The van der Waals surface area contributed by atoms with Crippen molar-refractivity contribution in [3.8, 4) is 5.75 Å². The van der Waals surface area contributed by atoms with E-state index in [-0.39, 0.29) is 17.9 Å². The lowest BCUT2D eigenvalue weighted by Gasteiger charge is -2.09. The lowest BCUT2D eigenvalue weighted by molar-refractivity contribution is 0.294. The quantitative estimate of drug-likeness (QED) is 0.813. The Morgan fingerprint density at radius 2 is 1.83 bits per heavy atom. The Kier molecular flexibility index (Phi) is 3.91. The third-order valence-corrected chi connectivity index (χ3v) is 2.96. The monoisotopic (exact) mass is 316 g/mol. The van der Waals surface area contributed by atoms with Gasteiger partial charge in [-0.3, -0.25) is 0 Å². The molecule has 0 fully saturated rings. The Morgan fingerprint density at radius 1 is 1.06 bits per heavy atom. The normalized spacial score (nSPS) is 10.4. The van der Waals surface area contributed by atoms with Gasteiger partial charge in [0.2, 0.25) is 0 Å². The Morgan fingerprint density at radius 3 is 2.61 bits per heavy atom. The molecule has 0 bridgehead atoms. The van der Waals surface area contributed by atoms with Gasteiger partial charge in [-0.05, 0) is 34.1 Å². The number of rotatable bonds is 3. The smallest absolute Gasteiger partial charge is 0.165 e. The molecule has 94 valence electrons. The second-order valence-corrected chi connectivity index (χ2v) is 4.43. The molecule has 0 aliphatic rings. The zero-order chi connectivity index (χ0) is 13.1. The zero-order valence-electron chi connectivity index (χ0n) is 9.09. The van der Waals surface area contributed by atoms with Crippen LogP contribution in [0.4, 0.5) is 13.2 Å². The van der Waals surface area contributed by atoms with Gasteiger partial charge in [0.1, 0.15) is 18.2 Å². The molecule has 1 nitrogen and oxygen atoms in total. The molecule has 5 heteroatoms. The van der Waals surface area contributed by atoms with E-state index < -0.39 is 17.5 Å². The maximum atomic E-state index is 13.3. The standard InChI is InChI=1S/C13H8BrF3O/c14-10-5-4-9(15)6-12(10)18-7-8-2-1-3-11(16)13(8)17/h1-6H,7H2. The summed E-state index contributed by atoms with van der Waals surface area (Å²) in [6.45, 7) is -0.175. The lowest BCUT2D eigenvalue weighted by Crippen LogP contribution is -2.01. The predicted molar refractivity (Wildman–Crippen MR) is 64.8 cm³/mol. The van der Waals surface area contributed by atoms with E-state index in [1.165, 1.54) is 30.3 Å². The molecule has 18 heavy (non-hydrogen) atoms. The first-order chi connectivity index (χ1) is 8.58. The van der Waals surface area contributed by atoms with Crippen molar-refractivity contribution in [1.82, 2.24) is 0 Å². The van der Waals surface area contributed by atoms with Gasteiger partial charge in [-0.15, -0.1) is 0 Å². The zero-order valence-corrected chi connectivity index (χ0v) is 10.7. The second-order valence-electron chi connectivity index (χ2n) is 3.58. The number of ether oxygens (including phenoxy) is 1. The molecular weight excluding hydrogens is 309 g/mol. The van der Waals surface area contributed by atoms with Gasteiger partial charge in [0.25, 0.3) is 0 Å². The molecule has 0 N–H and O–H groups in total. The fourth-order valence-corrected chi connectivity index (χ4v) is 1.76. The van der Waals surface area contributed by atoms with Crippen LogP contribution in [0.5, 0.6) is 5.75 Å². The van der Waals surface area contributed by atoms with E-state index in [0.29, 0.717) is 4.47 Å². The van der Waals surface area contributed by atoms with Gasteiger partial charge in [-0.2, -0.15) is 0 Å². The van der Waals surface area contributed by atoms with Crippen molar-refractivity contribution in [2.75, 3.05) is 0 Å². The average molecular weight is 317 g/mol. The van der Waals surface area contributed by atoms with Crippen molar-refractivity contribution in [3.05, 3.63) is 63.9 Å². The van der Waals surface area contributed by atoms with Crippen molar-refractivity contribution in [2.45, 2.75) is 6.61 Å². The summed E-state index contributed by atoms with van der Waals surface area (Å²) in [5.74, 6) is -2.12. The molecule has 0 spiro atoms. The molecule has 2 rings (SSSR count). The van der Waals surface area contributed by atoms with Crippen LogP contribution in [0.1, 0.15) is 5.56 Å². The van der Waals surface area contributed by atoms with Gasteiger partial charge in [-0.25, -0.2) is 13.2 Å². The van der Waals surface area contributed by atoms with Crippen LogP contribution in [-0.4, -0.2) is 0 Å². The Hall–Kier alpha value is -1.49. The van der Waals surface area contributed by atoms with E-state index >= 15 is 0 Å². The van der Waals surface area contributed by atoms with E-state index in [1.807, 2.05) is 0 Å². The summed E-state index contributed by atoms with van der Waals surface area (Å²) in [4.78, 5) is 0. The van der Waals surface area contributed by atoms with Gasteiger partial charge in [-0.1, -0.05) is 12.1 Å². The first kappa shape index (κ1) is 13.0. The highest BCUT2D eigenvalue weighted by atomic mass is 79.9. The molecule has 0 heterocycles. The summed E-state index contributed by atoms with van der Waals surface area (Å²) in [5.41, 5.74) is 0.0751. The number of hydrogen-bond donors (Lipinski definition) is 0. The first-order valence-electron chi connectivity index (χ1n) is 5.08. The van der Waals surface area contributed by atoms with Crippen LogP contribution in [0.15, 0.2) is 40.9 Å². The highest BCUT2D eigenvalue weighted by Crippen LogP contribution is 2.26. The Bertz CT molecular complexity index is 570. The summed E-state index contributed by atoms with van der Waals surface area (Å²) in [6.07, 6.45) is 0. The van der Waals surface area contributed by atoms with E-state index in [0.717, 1.165) is 6.07 Å². The van der Waals surface area contributed by atoms with Crippen LogP contribution in [0.25, 0.3) is 0 Å². The molecule has 0 atom stereocenters. The summed E-state index contributed by atoms with van der Waals surface area (Å²) in [6, 6.07) is 7.73. The second kappa shape index (κ2) is 5.44. The van der Waals surface area contributed by atoms with Crippen LogP contribution in [0, 0.1) is 17.5 Å². The molecule has 0 aliphatic carbocycles. The van der Waals surface area contributed by atoms with Gasteiger partial charge in [0.05, 0.1) is 4.47 Å². The third-order valence-electron chi connectivity index (χ3n) is 2.31. The minimum absolute atomic E-state index is 0.0751. The van der Waals surface area contributed by atoms with Crippen molar-refractivity contribution in [3.63, 3.8) is 0 Å². The molecule has 2 aromatic carbocycles. The third kappa shape index (κ3) is 2.85. The first-order valence-corrected chi connectivity index (χ1v) is 5.88. The summed E-state index contributed by atoms with van der Waals surface area (Å²) >= 11 is 3.18. The van der Waals surface area contributed by atoms with Crippen LogP contribution in [0.2, 0.25) is 0 Å². The molecule has 0 aromatic heterocycles. The highest BCUT2D eigenvalue weighted by molar-refractivity contribution is 9.10. The largest absolute Gasteiger partial charge is 0.488 e. The van der Waals surface area contributed by atoms with E-state index in [2.05, 4.69) is 15.9 Å². The minimum atomic E-state index is -0.954. The molecule has 0 saturated carbocycles. The molecule has 0 amide bonds. The maximum Gasteiger partial charge on any atom is 0.165 e. The van der Waals surface area contributed by atoms with Crippen molar-refractivity contribution in [1.29, 1.82) is 0 Å². The highest BCUT2D eigenvalue weighted by Gasteiger charge is 2.09. The molecule has 0 saturated heterocycles.